The molecule has 0 saturated carbocycles. The van der Waals surface area contributed by atoms with Gasteiger partial charge in [0.25, 0.3) is 0 Å². The highest BCUT2D eigenvalue weighted by Crippen LogP contribution is 2.23. The van der Waals surface area contributed by atoms with Crippen molar-refractivity contribution in [3.05, 3.63) is 34.9 Å². The Hall–Kier alpha value is -0.900. The first-order valence-corrected chi connectivity index (χ1v) is 8.42. The largest absolute Gasteiger partial charge is 0.323 e. The Morgan fingerprint density at radius 2 is 2.00 bits per heavy atom. The number of nitrogens with zero attached hydrogens (tertiary/aromatic N) is 2. The van der Waals surface area contributed by atoms with Gasteiger partial charge in [-0.2, -0.15) is 0 Å². The van der Waals surface area contributed by atoms with Gasteiger partial charge in [0.1, 0.15) is 0 Å². The van der Waals surface area contributed by atoms with Gasteiger partial charge < -0.3 is 5.73 Å². The fourth-order valence-corrected chi connectivity index (χ4v) is 3.98. The van der Waals surface area contributed by atoms with Crippen molar-refractivity contribution in [3.63, 3.8) is 0 Å². The normalized spacial score (nSPS) is 25.6. The molecular weight excluding hydrogens is 258 g/mol. The molecule has 0 amide bonds. The number of hydrogen-bond donors (Lipinski definition) is 1. The molecule has 0 aromatic heterocycles. The molecule has 0 radical (unpaired) electrons. The molecule has 1 aromatic rings. The molecule has 21 heavy (non-hydrogen) atoms. The second-order valence-corrected chi connectivity index (χ2v) is 6.91. The number of benzene rings is 1. The van der Waals surface area contributed by atoms with E-state index < -0.39 is 0 Å². The molecule has 0 bridgehead atoms. The van der Waals surface area contributed by atoms with Crippen LogP contribution < -0.4 is 5.73 Å². The fourth-order valence-electron chi connectivity index (χ4n) is 3.98. The topological polar surface area (TPSA) is 32.5 Å². The maximum atomic E-state index is 6.53. The van der Waals surface area contributed by atoms with Gasteiger partial charge in [-0.25, -0.2) is 0 Å². The quantitative estimate of drug-likeness (QED) is 0.927. The van der Waals surface area contributed by atoms with Crippen LogP contribution in [-0.2, 0) is 0 Å². The molecule has 2 saturated heterocycles. The molecule has 2 N–H and O–H groups in total. The zero-order valence-corrected chi connectivity index (χ0v) is 13.5. The summed E-state index contributed by atoms with van der Waals surface area (Å²) in [5, 5.41) is 0. The lowest BCUT2D eigenvalue weighted by Crippen LogP contribution is -2.39. The minimum absolute atomic E-state index is 0.137. The molecule has 1 aromatic carbocycles. The third-order valence-electron chi connectivity index (χ3n) is 5.18. The molecular formula is C18H29N3. The first-order chi connectivity index (χ1) is 10.1. The van der Waals surface area contributed by atoms with Crippen LogP contribution in [0.15, 0.2) is 18.2 Å². The first-order valence-electron chi connectivity index (χ1n) is 8.42. The highest BCUT2D eigenvalue weighted by Gasteiger charge is 2.29. The van der Waals surface area contributed by atoms with Crippen molar-refractivity contribution in [2.24, 2.45) is 5.73 Å². The van der Waals surface area contributed by atoms with E-state index in [-0.39, 0.29) is 6.04 Å². The molecule has 0 spiro atoms. The van der Waals surface area contributed by atoms with E-state index >= 15 is 0 Å². The highest BCUT2D eigenvalue weighted by molar-refractivity contribution is 5.33. The van der Waals surface area contributed by atoms with Crippen molar-refractivity contribution >= 4 is 0 Å². The van der Waals surface area contributed by atoms with Gasteiger partial charge in [-0.1, -0.05) is 23.8 Å². The third-order valence-corrected chi connectivity index (χ3v) is 5.18. The van der Waals surface area contributed by atoms with Crippen LogP contribution in [0, 0.1) is 13.8 Å². The molecule has 2 fully saturated rings. The van der Waals surface area contributed by atoms with Crippen LogP contribution in [0.5, 0.6) is 0 Å². The van der Waals surface area contributed by atoms with Crippen molar-refractivity contribution in [2.45, 2.75) is 45.2 Å². The SMILES string of the molecule is Cc1ccc(C)c(C(N)CN2CCCN3CCCC3C2)c1. The summed E-state index contributed by atoms with van der Waals surface area (Å²) >= 11 is 0. The van der Waals surface area contributed by atoms with Gasteiger partial charge in [0.05, 0.1) is 0 Å². The van der Waals surface area contributed by atoms with E-state index in [1.807, 2.05) is 0 Å². The van der Waals surface area contributed by atoms with E-state index in [2.05, 4.69) is 41.8 Å². The van der Waals surface area contributed by atoms with Gasteiger partial charge >= 0.3 is 0 Å². The minimum Gasteiger partial charge on any atom is -0.323 e. The summed E-state index contributed by atoms with van der Waals surface area (Å²) in [7, 11) is 0. The Balaban J connectivity index is 1.66. The van der Waals surface area contributed by atoms with Crippen molar-refractivity contribution in [2.75, 3.05) is 32.7 Å². The zero-order valence-electron chi connectivity index (χ0n) is 13.5. The summed E-state index contributed by atoms with van der Waals surface area (Å²) in [6.07, 6.45) is 4.03. The Bertz CT molecular complexity index is 485. The van der Waals surface area contributed by atoms with Gasteiger partial charge in [-0.3, -0.25) is 9.80 Å². The number of hydrogen-bond acceptors (Lipinski definition) is 3. The first kappa shape index (κ1) is 15.0. The molecule has 2 heterocycles. The van der Waals surface area contributed by atoms with Crippen LogP contribution in [0.2, 0.25) is 0 Å². The van der Waals surface area contributed by atoms with Crippen LogP contribution in [0.4, 0.5) is 0 Å². The Morgan fingerprint density at radius 1 is 1.19 bits per heavy atom. The van der Waals surface area contributed by atoms with E-state index in [0.29, 0.717) is 0 Å². The number of rotatable bonds is 3. The lowest BCUT2D eigenvalue weighted by atomic mass is 9.99. The second kappa shape index (κ2) is 6.47. The van der Waals surface area contributed by atoms with Crippen LogP contribution in [0.3, 0.4) is 0 Å². The average Bonchev–Trinajstić information content (AvgIpc) is 2.80. The molecule has 2 unspecified atom stereocenters. The van der Waals surface area contributed by atoms with Crippen molar-refractivity contribution < 1.29 is 0 Å². The van der Waals surface area contributed by atoms with Crippen molar-refractivity contribution in [3.8, 4) is 0 Å². The molecule has 3 nitrogen and oxygen atoms in total. The molecule has 2 atom stereocenters. The summed E-state index contributed by atoms with van der Waals surface area (Å²) in [4.78, 5) is 5.28. The Morgan fingerprint density at radius 3 is 2.86 bits per heavy atom. The predicted molar refractivity (Wildman–Crippen MR) is 88.5 cm³/mol. The average molecular weight is 287 g/mol. The molecule has 3 rings (SSSR count). The molecule has 2 aliphatic rings. The standard InChI is InChI=1S/C18H29N3/c1-14-6-7-15(2)17(11-14)18(19)13-20-8-4-10-21-9-3-5-16(21)12-20/h6-7,11,16,18H,3-5,8-10,12-13,19H2,1-2H3. The third kappa shape index (κ3) is 3.47. The zero-order chi connectivity index (χ0) is 14.8. The maximum Gasteiger partial charge on any atom is 0.0427 e. The van der Waals surface area contributed by atoms with Gasteiger partial charge in [-0.05, 0) is 63.9 Å². The van der Waals surface area contributed by atoms with E-state index in [9.17, 15) is 0 Å². The highest BCUT2D eigenvalue weighted by atomic mass is 15.3. The maximum absolute atomic E-state index is 6.53. The van der Waals surface area contributed by atoms with Crippen LogP contribution in [-0.4, -0.2) is 48.6 Å². The van der Waals surface area contributed by atoms with Crippen molar-refractivity contribution in [1.82, 2.24) is 9.80 Å². The molecule has 3 heteroatoms. The van der Waals surface area contributed by atoms with E-state index in [0.717, 1.165) is 12.6 Å². The monoisotopic (exact) mass is 287 g/mol. The smallest absolute Gasteiger partial charge is 0.0427 e. The lowest BCUT2D eigenvalue weighted by Gasteiger charge is -2.28. The van der Waals surface area contributed by atoms with E-state index in [4.69, 9.17) is 5.73 Å². The van der Waals surface area contributed by atoms with Crippen molar-refractivity contribution in [1.29, 1.82) is 0 Å². The molecule has 2 aliphatic heterocycles. The number of nitrogens with two attached hydrogens (primary N) is 1. The summed E-state index contributed by atoms with van der Waals surface area (Å²) in [5.74, 6) is 0. The second-order valence-electron chi connectivity index (χ2n) is 6.91. The summed E-state index contributed by atoms with van der Waals surface area (Å²) in [5.41, 5.74) is 10.5. The Kier molecular flexibility index (Phi) is 4.63. The minimum atomic E-state index is 0.137. The Labute approximate surface area is 129 Å². The number of aryl methyl sites for hydroxylation is 2. The van der Waals surface area contributed by atoms with E-state index in [1.165, 1.54) is 62.1 Å². The van der Waals surface area contributed by atoms with Gasteiger partial charge in [0, 0.05) is 25.2 Å². The van der Waals surface area contributed by atoms with Gasteiger partial charge in [0.15, 0.2) is 0 Å². The number of fused-ring (bicyclic) bond motifs is 1. The molecule has 116 valence electrons. The molecule has 0 aliphatic carbocycles. The fraction of sp³-hybridized carbons (Fsp3) is 0.667. The predicted octanol–water partition coefficient (Wildman–Crippen LogP) is 2.47. The van der Waals surface area contributed by atoms with Crippen LogP contribution in [0.1, 0.15) is 42.0 Å². The van der Waals surface area contributed by atoms with Crippen LogP contribution >= 0.6 is 0 Å². The van der Waals surface area contributed by atoms with Gasteiger partial charge in [-0.15, -0.1) is 0 Å². The lowest BCUT2D eigenvalue weighted by molar-refractivity contribution is 0.213. The summed E-state index contributed by atoms with van der Waals surface area (Å²) < 4.78 is 0. The summed E-state index contributed by atoms with van der Waals surface area (Å²) in [6.45, 7) is 10.3. The summed E-state index contributed by atoms with van der Waals surface area (Å²) in [6, 6.07) is 7.55. The van der Waals surface area contributed by atoms with E-state index in [1.54, 1.807) is 0 Å². The van der Waals surface area contributed by atoms with Gasteiger partial charge in [0.2, 0.25) is 0 Å². The van der Waals surface area contributed by atoms with Crippen LogP contribution in [0.25, 0.3) is 0 Å².